The van der Waals surface area contributed by atoms with Crippen molar-refractivity contribution in [2.75, 3.05) is 37.7 Å². The van der Waals surface area contributed by atoms with Crippen molar-refractivity contribution in [1.29, 1.82) is 0 Å². The second-order valence-corrected chi connectivity index (χ2v) is 11.5. The molecule has 8 heteroatoms. The number of carbonyl (C=O) groups excluding carboxylic acids is 2. The second kappa shape index (κ2) is 9.67. The number of carbonyl (C=O) groups is 2. The highest BCUT2D eigenvalue weighted by atomic mass is 32.1. The molecule has 2 aromatic carbocycles. The van der Waals surface area contributed by atoms with Crippen LogP contribution in [0, 0.1) is 0 Å². The van der Waals surface area contributed by atoms with Gasteiger partial charge in [-0.15, -0.1) is 11.3 Å². The summed E-state index contributed by atoms with van der Waals surface area (Å²) in [6, 6.07) is 16.4. The van der Waals surface area contributed by atoms with Gasteiger partial charge in [0, 0.05) is 48.1 Å². The fourth-order valence-corrected chi connectivity index (χ4v) is 6.71. The maximum atomic E-state index is 14.0. The van der Waals surface area contributed by atoms with Crippen LogP contribution in [-0.2, 0) is 17.6 Å². The van der Waals surface area contributed by atoms with E-state index in [1.165, 1.54) is 16.9 Å². The molecule has 2 amide bonds. The quantitative estimate of drug-likeness (QED) is 0.531. The summed E-state index contributed by atoms with van der Waals surface area (Å²) in [7, 11) is 0. The van der Waals surface area contributed by atoms with E-state index in [2.05, 4.69) is 22.3 Å². The number of amidine groups is 1. The number of hydrogen-bond donors (Lipinski definition) is 1. The van der Waals surface area contributed by atoms with Crippen molar-refractivity contribution < 1.29 is 14.3 Å². The van der Waals surface area contributed by atoms with E-state index >= 15 is 0 Å². The monoisotopic (exact) mass is 526 g/mol. The topological polar surface area (TPSA) is 74.2 Å². The van der Waals surface area contributed by atoms with Gasteiger partial charge in [-0.2, -0.15) is 0 Å². The fraction of sp³-hybridized carbons (Fsp3) is 0.367. The highest BCUT2D eigenvalue weighted by Crippen LogP contribution is 2.42. The van der Waals surface area contributed by atoms with E-state index in [4.69, 9.17) is 9.73 Å². The minimum Gasteiger partial charge on any atom is -0.378 e. The van der Waals surface area contributed by atoms with E-state index in [0.29, 0.717) is 24.6 Å². The molecule has 7 nitrogen and oxygen atoms in total. The molecule has 0 atom stereocenters. The van der Waals surface area contributed by atoms with Crippen molar-refractivity contribution in [3.05, 3.63) is 70.1 Å². The molecule has 1 N–H and O–H groups in total. The van der Waals surface area contributed by atoms with Crippen LogP contribution in [-0.4, -0.2) is 61.4 Å². The van der Waals surface area contributed by atoms with Gasteiger partial charge in [0.2, 0.25) is 0 Å². The Kier molecular flexibility index (Phi) is 6.01. The van der Waals surface area contributed by atoms with Crippen molar-refractivity contribution in [2.45, 2.75) is 38.1 Å². The zero-order valence-corrected chi connectivity index (χ0v) is 22.1. The van der Waals surface area contributed by atoms with Crippen molar-refractivity contribution >= 4 is 40.4 Å². The summed E-state index contributed by atoms with van der Waals surface area (Å²) >= 11 is 1.53. The Morgan fingerprint density at radius 2 is 1.79 bits per heavy atom. The molecule has 2 fully saturated rings. The Labute approximate surface area is 226 Å². The van der Waals surface area contributed by atoms with Crippen molar-refractivity contribution in [1.82, 2.24) is 10.2 Å². The molecule has 1 aromatic heterocycles. The second-order valence-electron chi connectivity index (χ2n) is 10.4. The molecule has 7 rings (SSSR count). The highest BCUT2D eigenvalue weighted by Gasteiger charge is 2.30. The highest BCUT2D eigenvalue weighted by molar-refractivity contribution is 7.17. The smallest absolute Gasteiger partial charge is 0.261 e. The van der Waals surface area contributed by atoms with Crippen LogP contribution in [0.15, 0.2) is 53.5 Å². The Bertz CT molecular complexity index is 1450. The molecular formula is C30H30N4O3S. The Morgan fingerprint density at radius 3 is 2.63 bits per heavy atom. The SMILES string of the molecule is O=C(NC1CC1)c1cc2c(s1)-c1ccccc1N(C(=O)c1ccc3c(c1)N=C(N1CCOCC1)CC3)CC2. The van der Waals surface area contributed by atoms with Gasteiger partial charge in [0.1, 0.15) is 5.84 Å². The number of fused-ring (bicyclic) bond motifs is 4. The molecule has 1 aliphatic carbocycles. The number of ether oxygens (including phenoxy) is 1. The van der Waals surface area contributed by atoms with Gasteiger partial charge in [0.25, 0.3) is 11.8 Å². The third kappa shape index (κ3) is 4.41. The van der Waals surface area contributed by atoms with Crippen LogP contribution in [0.3, 0.4) is 0 Å². The van der Waals surface area contributed by atoms with E-state index in [9.17, 15) is 9.59 Å². The van der Waals surface area contributed by atoms with Gasteiger partial charge >= 0.3 is 0 Å². The molecule has 3 aromatic rings. The molecule has 1 saturated carbocycles. The fourth-order valence-electron chi connectivity index (χ4n) is 5.56. The largest absolute Gasteiger partial charge is 0.378 e. The first-order valence-electron chi connectivity index (χ1n) is 13.5. The molecule has 0 spiro atoms. The molecular weight excluding hydrogens is 496 g/mol. The van der Waals surface area contributed by atoms with Crippen LogP contribution in [0.2, 0.25) is 0 Å². The van der Waals surface area contributed by atoms with Crippen molar-refractivity contribution in [3.63, 3.8) is 0 Å². The van der Waals surface area contributed by atoms with E-state index in [1.54, 1.807) is 0 Å². The van der Waals surface area contributed by atoms with Gasteiger partial charge in [-0.1, -0.05) is 24.3 Å². The molecule has 0 unspecified atom stereocenters. The lowest BCUT2D eigenvalue weighted by molar-refractivity contribution is 0.0671. The van der Waals surface area contributed by atoms with Crippen LogP contribution in [0.25, 0.3) is 10.4 Å². The number of morpholine rings is 1. The zero-order chi connectivity index (χ0) is 25.6. The number of amides is 2. The van der Waals surface area contributed by atoms with Gasteiger partial charge in [-0.3, -0.25) is 9.59 Å². The molecule has 4 aliphatic rings. The summed E-state index contributed by atoms with van der Waals surface area (Å²) in [5.74, 6) is 1.09. The number of benzene rings is 2. The van der Waals surface area contributed by atoms with Gasteiger partial charge in [0.15, 0.2) is 0 Å². The molecule has 0 radical (unpaired) electrons. The maximum absolute atomic E-state index is 14.0. The number of nitrogens with one attached hydrogen (secondary N) is 1. The zero-order valence-electron chi connectivity index (χ0n) is 21.2. The van der Waals surface area contributed by atoms with Crippen molar-refractivity contribution in [2.24, 2.45) is 4.99 Å². The van der Waals surface area contributed by atoms with Gasteiger partial charge in [-0.25, -0.2) is 4.99 Å². The van der Waals surface area contributed by atoms with Gasteiger partial charge in [-0.05, 0) is 61.1 Å². The lowest BCUT2D eigenvalue weighted by Gasteiger charge is -2.31. The first-order chi connectivity index (χ1) is 18.6. The summed E-state index contributed by atoms with van der Waals surface area (Å²) in [4.78, 5) is 37.7. The third-order valence-corrected chi connectivity index (χ3v) is 9.02. The molecule has 3 aliphatic heterocycles. The minimum absolute atomic E-state index is 0.0158. The minimum atomic E-state index is -0.0178. The third-order valence-electron chi connectivity index (χ3n) is 7.81. The molecule has 1 saturated heterocycles. The summed E-state index contributed by atoms with van der Waals surface area (Å²) in [6.07, 6.45) is 4.69. The number of aliphatic imine (C=N–C) groups is 1. The van der Waals surface area contributed by atoms with E-state index in [0.717, 1.165) is 90.1 Å². The van der Waals surface area contributed by atoms with Crippen LogP contribution in [0.4, 0.5) is 11.4 Å². The van der Waals surface area contributed by atoms with E-state index in [1.807, 2.05) is 41.3 Å². The predicted octanol–water partition coefficient (Wildman–Crippen LogP) is 4.82. The van der Waals surface area contributed by atoms with Crippen LogP contribution >= 0.6 is 11.3 Å². The van der Waals surface area contributed by atoms with Gasteiger partial charge < -0.3 is 19.9 Å². The van der Waals surface area contributed by atoms with Crippen LogP contribution < -0.4 is 10.2 Å². The summed E-state index contributed by atoms with van der Waals surface area (Å²) in [5, 5.41) is 3.10. The number of para-hydroxylation sites is 1. The Morgan fingerprint density at radius 1 is 0.947 bits per heavy atom. The maximum Gasteiger partial charge on any atom is 0.261 e. The van der Waals surface area contributed by atoms with E-state index < -0.39 is 0 Å². The standard InChI is InChI=1S/C30H30N4O3S/c35-29(31-22-8-9-22)26-18-20-11-12-34(25-4-2-1-3-23(25)28(20)38-26)30(36)21-6-5-19-7-10-27(32-24(19)17-21)33-13-15-37-16-14-33/h1-6,17-18,22H,7-16H2,(H,31,35). The molecule has 0 bridgehead atoms. The number of anilines is 1. The van der Waals surface area contributed by atoms with Crippen molar-refractivity contribution in [3.8, 4) is 10.4 Å². The predicted molar refractivity (Wildman–Crippen MR) is 150 cm³/mol. The number of aryl methyl sites for hydroxylation is 1. The Balaban J connectivity index is 1.18. The number of rotatable bonds is 3. The lowest BCUT2D eigenvalue weighted by Crippen LogP contribution is -2.41. The number of thiophene rings is 1. The number of hydrogen-bond acceptors (Lipinski definition) is 6. The molecule has 194 valence electrons. The summed E-state index contributed by atoms with van der Waals surface area (Å²) in [5.41, 5.74) is 5.77. The summed E-state index contributed by atoms with van der Waals surface area (Å²) in [6.45, 7) is 3.76. The van der Waals surface area contributed by atoms with Crippen LogP contribution in [0.5, 0.6) is 0 Å². The average molecular weight is 527 g/mol. The first kappa shape index (κ1) is 23.6. The number of nitrogens with zero attached hydrogens (tertiary/aromatic N) is 3. The van der Waals surface area contributed by atoms with E-state index in [-0.39, 0.29) is 11.8 Å². The molecule has 38 heavy (non-hydrogen) atoms. The first-order valence-corrected chi connectivity index (χ1v) is 14.3. The normalized spacial score (nSPS) is 18.6. The Hall–Kier alpha value is -3.49. The van der Waals surface area contributed by atoms with Gasteiger partial charge in [0.05, 0.1) is 29.5 Å². The van der Waals surface area contributed by atoms with Crippen LogP contribution in [0.1, 0.15) is 50.4 Å². The molecule has 4 heterocycles. The summed E-state index contributed by atoms with van der Waals surface area (Å²) < 4.78 is 5.50. The lowest BCUT2D eigenvalue weighted by atomic mass is 10.0. The average Bonchev–Trinajstić information content (AvgIpc) is 3.71.